The van der Waals surface area contributed by atoms with E-state index in [0.717, 1.165) is 31.3 Å². The van der Waals surface area contributed by atoms with Crippen molar-refractivity contribution in [2.45, 2.75) is 0 Å². The molecule has 0 atom stereocenters. The lowest BCUT2D eigenvalue weighted by atomic mass is 10.2. The first-order valence-corrected chi connectivity index (χ1v) is 12.7. The van der Waals surface area contributed by atoms with Gasteiger partial charge in [-0.2, -0.15) is 0 Å². The molecule has 0 aliphatic carbocycles. The van der Waals surface area contributed by atoms with E-state index in [9.17, 15) is 4.79 Å². The number of benzene rings is 3. The third kappa shape index (κ3) is 4.55. The second-order valence-corrected chi connectivity index (χ2v) is 10.1. The van der Waals surface area contributed by atoms with Crippen molar-refractivity contribution < 1.29 is 14.2 Å². The van der Waals surface area contributed by atoms with Crippen LogP contribution in [0.4, 0.5) is 0 Å². The smallest absolute Gasteiger partial charge is 0.274 e. The van der Waals surface area contributed by atoms with Crippen molar-refractivity contribution in [1.29, 1.82) is 0 Å². The standard InChI is InChI=1S/C25H18Br2N2O4S/c1-31-21-13-15(12-18(27)23(21)33-11-10-32-17-8-6-16(26)7-9-17)14-22-24(30)29-20-5-3-2-4-19(20)28-25(29)34-22/h2-9,12-14H,10-11H2,1H3/b22-14-. The van der Waals surface area contributed by atoms with E-state index in [-0.39, 0.29) is 5.56 Å². The molecular formula is C25H18Br2N2O4S. The van der Waals surface area contributed by atoms with Crippen molar-refractivity contribution in [1.82, 2.24) is 9.38 Å². The predicted octanol–water partition coefficient (Wildman–Crippen LogP) is 5.45. The summed E-state index contributed by atoms with van der Waals surface area (Å²) in [5.41, 5.74) is 2.35. The molecule has 2 aromatic heterocycles. The fourth-order valence-corrected chi connectivity index (χ4v) is 5.39. The van der Waals surface area contributed by atoms with E-state index < -0.39 is 0 Å². The van der Waals surface area contributed by atoms with Gasteiger partial charge in [0.1, 0.15) is 19.0 Å². The van der Waals surface area contributed by atoms with E-state index in [1.54, 1.807) is 11.5 Å². The molecule has 34 heavy (non-hydrogen) atoms. The summed E-state index contributed by atoms with van der Waals surface area (Å²) in [6, 6.07) is 19.0. The first kappa shape index (κ1) is 22.9. The summed E-state index contributed by atoms with van der Waals surface area (Å²) in [4.78, 5) is 18.3. The zero-order chi connectivity index (χ0) is 23.7. The molecule has 2 heterocycles. The maximum atomic E-state index is 13.0. The fourth-order valence-electron chi connectivity index (χ4n) is 3.56. The molecule has 9 heteroatoms. The van der Waals surface area contributed by atoms with E-state index >= 15 is 0 Å². The van der Waals surface area contributed by atoms with Gasteiger partial charge in [-0.1, -0.05) is 39.4 Å². The summed E-state index contributed by atoms with van der Waals surface area (Å²) in [5, 5.41) is 0. The van der Waals surface area contributed by atoms with E-state index in [1.807, 2.05) is 66.7 Å². The minimum absolute atomic E-state index is 0.0887. The number of rotatable bonds is 7. The number of ether oxygens (including phenoxy) is 3. The summed E-state index contributed by atoms with van der Waals surface area (Å²) >= 11 is 8.34. The Kier molecular flexibility index (Phi) is 6.58. The van der Waals surface area contributed by atoms with Gasteiger partial charge in [-0.15, -0.1) is 0 Å². The molecule has 0 saturated carbocycles. The fraction of sp³-hybridized carbons (Fsp3) is 0.120. The number of imidazole rings is 1. The van der Waals surface area contributed by atoms with Gasteiger partial charge in [0.2, 0.25) is 0 Å². The Morgan fingerprint density at radius 2 is 1.79 bits per heavy atom. The average Bonchev–Trinajstić information content (AvgIpc) is 3.34. The molecule has 0 bridgehead atoms. The van der Waals surface area contributed by atoms with E-state index in [2.05, 4.69) is 36.8 Å². The molecule has 0 aliphatic heterocycles. The van der Waals surface area contributed by atoms with Crippen molar-refractivity contribution in [3.63, 3.8) is 0 Å². The normalized spacial score (nSPS) is 11.9. The summed E-state index contributed by atoms with van der Waals surface area (Å²) in [6.45, 7) is 0.724. The SMILES string of the molecule is COc1cc(/C=c2\sc3nc4ccccc4n3c2=O)cc(Br)c1OCCOc1ccc(Br)cc1. The van der Waals surface area contributed by atoms with Gasteiger partial charge in [0.25, 0.3) is 5.56 Å². The van der Waals surface area contributed by atoms with Gasteiger partial charge in [-0.25, -0.2) is 9.38 Å². The van der Waals surface area contributed by atoms with Crippen molar-refractivity contribution in [3.05, 3.63) is 90.1 Å². The monoisotopic (exact) mass is 600 g/mol. The second kappa shape index (κ2) is 9.77. The van der Waals surface area contributed by atoms with Crippen LogP contribution in [0, 0.1) is 0 Å². The number of methoxy groups -OCH3 is 1. The number of aromatic nitrogens is 2. The van der Waals surface area contributed by atoms with Crippen molar-refractivity contribution in [3.8, 4) is 17.2 Å². The lowest BCUT2D eigenvalue weighted by Gasteiger charge is -2.14. The van der Waals surface area contributed by atoms with Crippen LogP contribution in [0.15, 0.2) is 74.4 Å². The summed E-state index contributed by atoms with van der Waals surface area (Å²) in [5.74, 6) is 1.91. The molecule has 0 saturated heterocycles. The Labute approximate surface area is 215 Å². The lowest BCUT2D eigenvalue weighted by Crippen LogP contribution is -2.22. The lowest BCUT2D eigenvalue weighted by molar-refractivity contribution is 0.210. The molecule has 0 radical (unpaired) electrons. The number of halogens is 2. The predicted molar refractivity (Wildman–Crippen MR) is 141 cm³/mol. The number of hydrogen-bond acceptors (Lipinski definition) is 6. The largest absolute Gasteiger partial charge is 0.493 e. The van der Waals surface area contributed by atoms with E-state index in [4.69, 9.17) is 14.2 Å². The number of fused-ring (bicyclic) bond motifs is 3. The topological polar surface area (TPSA) is 62.1 Å². The number of thiazole rings is 1. The summed E-state index contributed by atoms with van der Waals surface area (Å²) in [7, 11) is 1.58. The zero-order valence-corrected chi connectivity index (χ0v) is 21.9. The Morgan fingerprint density at radius 1 is 1.03 bits per heavy atom. The summed E-state index contributed by atoms with van der Waals surface area (Å²) in [6.07, 6.45) is 1.84. The molecular weight excluding hydrogens is 584 g/mol. The van der Waals surface area contributed by atoms with Crippen LogP contribution in [0.1, 0.15) is 5.56 Å². The Balaban J connectivity index is 1.38. The highest BCUT2D eigenvalue weighted by atomic mass is 79.9. The van der Waals surface area contributed by atoms with Crippen LogP contribution in [0.25, 0.3) is 22.1 Å². The Hall–Kier alpha value is -2.88. The van der Waals surface area contributed by atoms with Gasteiger partial charge in [0.05, 0.1) is 27.1 Å². The van der Waals surface area contributed by atoms with Crippen LogP contribution in [-0.4, -0.2) is 29.7 Å². The molecule has 0 aliphatic rings. The van der Waals surface area contributed by atoms with Gasteiger partial charge in [0, 0.05) is 4.47 Å². The van der Waals surface area contributed by atoms with Gasteiger partial charge >= 0.3 is 0 Å². The van der Waals surface area contributed by atoms with Gasteiger partial charge in [-0.3, -0.25) is 4.79 Å². The van der Waals surface area contributed by atoms with Crippen LogP contribution in [0.5, 0.6) is 17.2 Å². The third-order valence-electron chi connectivity index (χ3n) is 5.11. The quantitative estimate of drug-likeness (QED) is 0.232. The molecule has 5 aromatic rings. The van der Waals surface area contributed by atoms with Gasteiger partial charge < -0.3 is 14.2 Å². The molecule has 3 aromatic carbocycles. The van der Waals surface area contributed by atoms with Crippen LogP contribution >= 0.6 is 43.2 Å². The third-order valence-corrected chi connectivity index (χ3v) is 7.19. The first-order valence-electron chi connectivity index (χ1n) is 10.3. The van der Waals surface area contributed by atoms with E-state index in [0.29, 0.717) is 34.2 Å². The second-order valence-electron chi connectivity index (χ2n) is 7.32. The van der Waals surface area contributed by atoms with Crippen molar-refractivity contribution in [2.24, 2.45) is 0 Å². The molecule has 0 N–H and O–H groups in total. The summed E-state index contributed by atoms with van der Waals surface area (Å²) < 4.78 is 21.2. The van der Waals surface area contributed by atoms with E-state index in [1.165, 1.54) is 11.3 Å². The highest BCUT2D eigenvalue weighted by Crippen LogP contribution is 2.37. The Morgan fingerprint density at radius 3 is 2.59 bits per heavy atom. The molecule has 5 rings (SSSR count). The van der Waals surface area contributed by atoms with Gasteiger partial charge in [-0.05, 0) is 76.1 Å². The van der Waals surface area contributed by atoms with Crippen molar-refractivity contribution in [2.75, 3.05) is 20.3 Å². The number of nitrogens with zero attached hydrogens (tertiary/aromatic N) is 2. The molecule has 0 fully saturated rings. The highest BCUT2D eigenvalue weighted by Gasteiger charge is 2.13. The zero-order valence-electron chi connectivity index (χ0n) is 18.0. The van der Waals surface area contributed by atoms with Crippen LogP contribution in [0.2, 0.25) is 0 Å². The maximum absolute atomic E-state index is 13.0. The minimum Gasteiger partial charge on any atom is -0.493 e. The molecule has 0 unspecified atom stereocenters. The molecule has 0 amide bonds. The number of para-hydroxylation sites is 2. The first-order chi connectivity index (χ1) is 16.5. The average molecular weight is 602 g/mol. The van der Waals surface area contributed by atoms with Crippen LogP contribution < -0.4 is 24.3 Å². The highest BCUT2D eigenvalue weighted by molar-refractivity contribution is 9.10. The molecule has 0 spiro atoms. The van der Waals surface area contributed by atoms with Crippen LogP contribution in [0.3, 0.4) is 0 Å². The molecule has 6 nitrogen and oxygen atoms in total. The van der Waals surface area contributed by atoms with Crippen LogP contribution in [-0.2, 0) is 0 Å². The minimum atomic E-state index is -0.0887. The Bertz CT molecular complexity index is 1600. The number of hydrogen-bond donors (Lipinski definition) is 0. The van der Waals surface area contributed by atoms with Gasteiger partial charge in [0.15, 0.2) is 16.5 Å². The van der Waals surface area contributed by atoms with Crippen molar-refractivity contribution >= 4 is 65.3 Å². The maximum Gasteiger partial charge on any atom is 0.274 e. The molecule has 172 valence electrons.